The number of benzene rings is 1. The summed E-state index contributed by atoms with van der Waals surface area (Å²) in [6.45, 7) is 7.79. The van der Waals surface area contributed by atoms with E-state index in [4.69, 9.17) is 0 Å². The van der Waals surface area contributed by atoms with Gasteiger partial charge in [-0.3, -0.25) is 0 Å². The Morgan fingerprint density at radius 2 is 1.95 bits per heavy atom. The highest BCUT2D eigenvalue weighted by Crippen LogP contribution is 2.23. The van der Waals surface area contributed by atoms with Crippen LogP contribution in [0.4, 0.5) is 0 Å². The first kappa shape index (κ1) is 15.5. The molecule has 0 aliphatic carbocycles. The van der Waals surface area contributed by atoms with Crippen molar-refractivity contribution in [2.24, 2.45) is 0 Å². The van der Waals surface area contributed by atoms with Crippen LogP contribution in [0.3, 0.4) is 0 Å². The molecule has 3 heteroatoms. The highest BCUT2D eigenvalue weighted by Gasteiger charge is 2.31. The molecular formula is C17H28N2O. The average molecular weight is 276 g/mol. The summed E-state index contributed by atoms with van der Waals surface area (Å²) in [5.41, 5.74) is 1.17. The quantitative estimate of drug-likeness (QED) is 0.867. The van der Waals surface area contributed by atoms with Crippen LogP contribution >= 0.6 is 0 Å². The Labute approximate surface area is 123 Å². The van der Waals surface area contributed by atoms with Crippen molar-refractivity contribution in [1.29, 1.82) is 0 Å². The predicted molar refractivity (Wildman–Crippen MR) is 83.7 cm³/mol. The molecule has 1 fully saturated rings. The second kappa shape index (κ2) is 7.21. The molecule has 0 amide bonds. The molecule has 1 aromatic carbocycles. The zero-order valence-corrected chi connectivity index (χ0v) is 12.8. The molecule has 112 valence electrons. The Kier molecular flexibility index (Phi) is 5.58. The lowest BCUT2D eigenvalue weighted by Crippen LogP contribution is -2.49. The first-order valence-electron chi connectivity index (χ1n) is 7.79. The van der Waals surface area contributed by atoms with Crippen LogP contribution in [-0.4, -0.2) is 41.3 Å². The van der Waals surface area contributed by atoms with Crippen LogP contribution in [0.5, 0.6) is 0 Å². The van der Waals surface area contributed by atoms with Gasteiger partial charge in [0.2, 0.25) is 0 Å². The molecule has 0 aromatic heterocycles. The Morgan fingerprint density at radius 1 is 1.20 bits per heavy atom. The summed E-state index contributed by atoms with van der Waals surface area (Å²) < 4.78 is 0. The molecule has 1 saturated heterocycles. The predicted octanol–water partition coefficient (Wildman–Crippen LogP) is 2.40. The number of nitrogens with zero attached hydrogens (tertiary/aromatic N) is 1. The third-order valence-corrected chi connectivity index (χ3v) is 4.52. The number of aliphatic hydroxyl groups excluding tert-OH is 1. The molecule has 0 spiro atoms. The molecule has 1 unspecified atom stereocenters. The summed E-state index contributed by atoms with van der Waals surface area (Å²) in [6, 6.07) is 11.0. The van der Waals surface area contributed by atoms with Gasteiger partial charge in [-0.2, -0.15) is 0 Å². The van der Waals surface area contributed by atoms with Crippen molar-refractivity contribution in [3.8, 4) is 0 Å². The Balaban J connectivity index is 1.95. The molecule has 1 aliphatic rings. The van der Waals surface area contributed by atoms with E-state index in [0.717, 1.165) is 38.9 Å². The fourth-order valence-electron chi connectivity index (χ4n) is 3.01. The van der Waals surface area contributed by atoms with Crippen LogP contribution in [-0.2, 0) is 6.54 Å². The largest absolute Gasteiger partial charge is 0.394 e. The van der Waals surface area contributed by atoms with Gasteiger partial charge >= 0.3 is 0 Å². The van der Waals surface area contributed by atoms with Crippen LogP contribution in [0.2, 0.25) is 0 Å². The zero-order chi connectivity index (χ0) is 14.4. The molecule has 1 aromatic rings. The van der Waals surface area contributed by atoms with E-state index in [1.807, 2.05) is 6.07 Å². The monoisotopic (exact) mass is 276 g/mol. The van der Waals surface area contributed by atoms with Crippen LogP contribution in [0.15, 0.2) is 30.3 Å². The summed E-state index contributed by atoms with van der Waals surface area (Å²) >= 11 is 0. The minimum atomic E-state index is -0.112. The molecular weight excluding hydrogens is 248 g/mol. The zero-order valence-electron chi connectivity index (χ0n) is 12.8. The topological polar surface area (TPSA) is 35.5 Å². The van der Waals surface area contributed by atoms with E-state index in [1.54, 1.807) is 0 Å². The highest BCUT2D eigenvalue weighted by atomic mass is 16.3. The first-order valence-corrected chi connectivity index (χ1v) is 7.79. The second-order valence-corrected chi connectivity index (χ2v) is 6.26. The normalized spacial score (nSPS) is 24.8. The highest BCUT2D eigenvalue weighted by molar-refractivity contribution is 5.14. The van der Waals surface area contributed by atoms with Gasteiger partial charge < -0.3 is 15.3 Å². The van der Waals surface area contributed by atoms with Crippen molar-refractivity contribution in [3.05, 3.63) is 35.9 Å². The van der Waals surface area contributed by atoms with Crippen LogP contribution in [0.1, 0.15) is 38.7 Å². The van der Waals surface area contributed by atoms with Gasteiger partial charge in [0.25, 0.3) is 0 Å². The second-order valence-electron chi connectivity index (χ2n) is 6.26. The van der Waals surface area contributed by atoms with E-state index in [0.29, 0.717) is 6.04 Å². The SMILES string of the molecule is CC(C)N1CCCC(CO)(NCc2ccccc2)CC1. The molecule has 0 radical (unpaired) electrons. The summed E-state index contributed by atoms with van der Waals surface area (Å²) in [5, 5.41) is 13.5. The van der Waals surface area contributed by atoms with Crippen LogP contribution in [0.25, 0.3) is 0 Å². The fraction of sp³-hybridized carbons (Fsp3) is 0.647. The van der Waals surface area contributed by atoms with Crippen molar-refractivity contribution in [1.82, 2.24) is 10.2 Å². The van der Waals surface area contributed by atoms with E-state index >= 15 is 0 Å². The summed E-state index contributed by atoms with van der Waals surface area (Å²) in [6.07, 6.45) is 3.23. The lowest BCUT2D eigenvalue weighted by Gasteiger charge is -2.33. The molecule has 1 aliphatic heterocycles. The van der Waals surface area contributed by atoms with E-state index in [2.05, 4.69) is 48.3 Å². The fourth-order valence-corrected chi connectivity index (χ4v) is 3.01. The van der Waals surface area contributed by atoms with E-state index in [9.17, 15) is 5.11 Å². The van der Waals surface area contributed by atoms with Crippen molar-refractivity contribution < 1.29 is 5.11 Å². The molecule has 0 bridgehead atoms. The maximum absolute atomic E-state index is 9.89. The average Bonchev–Trinajstić information content (AvgIpc) is 2.69. The van der Waals surface area contributed by atoms with Crippen molar-refractivity contribution in [2.75, 3.05) is 19.7 Å². The Bertz CT molecular complexity index is 393. The number of likely N-dealkylation sites (tertiary alicyclic amines) is 1. The summed E-state index contributed by atoms with van der Waals surface area (Å²) in [4.78, 5) is 2.52. The number of rotatable bonds is 5. The van der Waals surface area contributed by atoms with Crippen LogP contribution in [0, 0.1) is 0 Å². The lowest BCUT2D eigenvalue weighted by atomic mass is 9.91. The number of nitrogens with one attached hydrogen (secondary N) is 1. The Morgan fingerprint density at radius 3 is 2.60 bits per heavy atom. The molecule has 0 saturated carbocycles. The van der Waals surface area contributed by atoms with E-state index < -0.39 is 0 Å². The van der Waals surface area contributed by atoms with Gasteiger partial charge in [-0.25, -0.2) is 0 Å². The maximum atomic E-state index is 9.89. The van der Waals surface area contributed by atoms with Gasteiger partial charge in [-0.15, -0.1) is 0 Å². The summed E-state index contributed by atoms with van der Waals surface area (Å²) in [5.74, 6) is 0. The molecule has 1 heterocycles. The van der Waals surface area contributed by atoms with Gasteiger partial charge in [-0.1, -0.05) is 30.3 Å². The number of hydrogen-bond acceptors (Lipinski definition) is 3. The number of aliphatic hydroxyl groups is 1. The third kappa shape index (κ3) is 4.05. The van der Waals surface area contributed by atoms with E-state index in [-0.39, 0.29) is 12.1 Å². The third-order valence-electron chi connectivity index (χ3n) is 4.52. The van der Waals surface area contributed by atoms with Crippen LogP contribution < -0.4 is 5.32 Å². The van der Waals surface area contributed by atoms with Gasteiger partial charge in [0.1, 0.15) is 0 Å². The van der Waals surface area contributed by atoms with Gasteiger partial charge in [0, 0.05) is 24.7 Å². The van der Waals surface area contributed by atoms with Crippen molar-refractivity contribution in [2.45, 2.75) is 51.2 Å². The Hall–Kier alpha value is -0.900. The summed E-state index contributed by atoms with van der Waals surface area (Å²) in [7, 11) is 0. The molecule has 2 rings (SSSR count). The minimum absolute atomic E-state index is 0.112. The molecule has 1 atom stereocenters. The maximum Gasteiger partial charge on any atom is 0.0613 e. The van der Waals surface area contributed by atoms with Crippen molar-refractivity contribution in [3.63, 3.8) is 0 Å². The standard InChI is InChI=1S/C17H28N2O/c1-15(2)19-11-6-9-17(14-20,10-12-19)18-13-16-7-4-3-5-8-16/h3-5,7-8,15,18,20H,6,9-14H2,1-2H3. The van der Waals surface area contributed by atoms with Gasteiger partial charge in [-0.05, 0) is 45.2 Å². The van der Waals surface area contributed by atoms with E-state index in [1.165, 1.54) is 5.56 Å². The number of hydrogen-bond donors (Lipinski definition) is 2. The minimum Gasteiger partial charge on any atom is -0.394 e. The van der Waals surface area contributed by atoms with Gasteiger partial charge in [0.05, 0.1) is 6.61 Å². The van der Waals surface area contributed by atoms with Gasteiger partial charge in [0.15, 0.2) is 0 Å². The lowest BCUT2D eigenvalue weighted by molar-refractivity contribution is 0.138. The molecule has 20 heavy (non-hydrogen) atoms. The first-order chi connectivity index (χ1) is 9.65. The smallest absolute Gasteiger partial charge is 0.0613 e. The van der Waals surface area contributed by atoms with Crippen molar-refractivity contribution >= 4 is 0 Å². The molecule has 2 N–H and O–H groups in total. The molecule has 3 nitrogen and oxygen atoms in total.